The van der Waals surface area contributed by atoms with Crippen LogP contribution < -0.4 is 10.6 Å². The molecule has 1 unspecified atom stereocenters. The first kappa shape index (κ1) is 14.1. The van der Waals surface area contributed by atoms with E-state index in [0.29, 0.717) is 5.56 Å². The van der Waals surface area contributed by atoms with Gasteiger partial charge in [-0.3, -0.25) is 10.1 Å². The van der Waals surface area contributed by atoms with Gasteiger partial charge in [-0.1, -0.05) is 37.3 Å². The summed E-state index contributed by atoms with van der Waals surface area (Å²) in [6, 6.07) is 12.7. The van der Waals surface area contributed by atoms with Gasteiger partial charge in [-0.25, -0.2) is 4.79 Å². The van der Waals surface area contributed by atoms with E-state index < -0.39 is 11.9 Å². The normalized spacial score (nSPS) is 11.9. The number of imide groups is 1. The van der Waals surface area contributed by atoms with Gasteiger partial charge in [-0.05, 0) is 36.2 Å². The summed E-state index contributed by atoms with van der Waals surface area (Å²) in [7, 11) is 0. The summed E-state index contributed by atoms with van der Waals surface area (Å²) in [5, 5.41) is 7.07. The van der Waals surface area contributed by atoms with Crippen LogP contribution in [0.5, 0.6) is 0 Å². The van der Waals surface area contributed by atoms with E-state index in [4.69, 9.17) is 0 Å². The van der Waals surface area contributed by atoms with Gasteiger partial charge in [0.25, 0.3) is 5.91 Å². The van der Waals surface area contributed by atoms with Crippen LogP contribution in [-0.4, -0.2) is 18.0 Å². The standard InChI is InChI=1S/C16H18N2O2/c1-3-11(2)17-16(20)18-15(19)14-9-8-12-6-4-5-7-13(12)10-14/h4-11H,3H2,1-2H3,(H2,17,18,19,20). The van der Waals surface area contributed by atoms with Gasteiger partial charge in [0.05, 0.1) is 0 Å². The fourth-order valence-electron chi connectivity index (χ4n) is 1.87. The Hall–Kier alpha value is -2.36. The number of amides is 3. The number of urea groups is 1. The van der Waals surface area contributed by atoms with Gasteiger partial charge in [-0.2, -0.15) is 0 Å². The molecule has 1 atom stereocenters. The number of hydrogen-bond donors (Lipinski definition) is 2. The molecule has 0 bridgehead atoms. The number of hydrogen-bond acceptors (Lipinski definition) is 2. The van der Waals surface area contributed by atoms with Gasteiger partial charge in [0.15, 0.2) is 0 Å². The Balaban J connectivity index is 2.09. The molecule has 0 saturated heterocycles. The van der Waals surface area contributed by atoms with Crippen LogP contribution in [0, 0.1) is 0 Å². The second-order valence-electron chi connectivity index (χ2n) is 4.80. The second kappa shape index (κ2) is 6.19. The van der Waals surface area contributed by atoms with Crippen molar-refractivity contribution in [3.63, 3.8) is 0 Å². The highest BCUT2D eigenvalue weighted by atomic mass is 16.2. The molecule has 4 nitrogen and oxygen atoms in total. The summed E-state index contributed by atoms with van der Waals surface area (Å²) in [5.74, 6) is -0.392. The van der Waals surface area contributed by atoms with E-state index >= 15 is 0 Å². The average Bonchev–Trinajstić information content (AvgIpc) is 2.46. The van der Waals surface area contributed by atoms with Crippen LogP contribution in [0.2, 0.25) is 0 Å². The van der Waals surface area contributed by atoms with Crippen LogP contribution in [-0.2, 0) is 0 Å². The highest BCUT2D eigenvalue weighted by molar-refractivity contribution is 6.06. The number of nitrogens with one attached hydrogen (secondary N) is 2. The SMILES string of the molecule is CCC(C)NC(=O)NC(=O)c1ccc2ccccc2c1. The van der Waals surface area contributed by atoms with Gasteiger partial charge in [0.2, 0.25) is 0 Å². The second-order valence-corrected chi connectivity index (χ2v) is 4.80. The Kier molecular flexibility index (Phi) is 4.35. The molecule has 2 aromatic rings. The van der Waals surface area contributed by atoms with E-state index in [1.54, 1.807) is 12.1 Å². The fraction of sp³-hybridized carbons (Fsp3) is 0.250. The molecule has 0 aromatic heterocycles. The maximum atomic E-state index is 12.0. The Morgan fingerprint density at radius 2 is 1.80 bits per heavy atom. The van der Waals surface area contributed by atoms with Gasteiger partial charge < -0.3 is 5.32 Å². The maximum absolute atomic E-state index is 12.0. The topological polar surface area (TPSA) is 58.2 Å². The van der Waals surface area contributed by atoms with E-state index in [1.807, 2.05) is 44.2 Å². The van der Waals surface area contributed by atoms with Gasteiger partial charge in [0, 0.05) is 11.6 Å². The molecule has 104 valence electrons. The number of benzene rings is 2. The molecule has 0 aliphatic carbocycles. The van der Waals surface area contributed by atoms with Crippen molar-refractivity contribution in [2.45, 2.75) is 26.3 Å². The van der Waals surface area contributed by atoms with Crippen molar-refractivity contribution >= 4 is 22.7 Å². The van der Waals surface area contributed by atoms with Crippen molar-refractivity contribution in [1.82, 2.24) is 10.6 Å². The van der Waals surface area contributed by atoms with Crippen LogP contribution in [0.1, 0.15) is 30.6 Å². The Labute approximate surface area is 118 Å². The van der Waals surface area contributed by atoms with Crippen LogP contribution in [0.25, 0.3) is 10.8 Å². The molecular formula is C16H18N2O2. The molecule has 0 aliphatic rings. The highest BCUT2D eigenvalue weighted by Crippen LogP contribution is 2.15. The summed E-state index contributed by atoms with van der Waals surface area (Å²) in [6.45, 7) is 3.86. The summed E-state index contributed by atoms with van der Waals surface area (Å²) < 4.78 is 0. The molecule has 20 heavy (non-hydrogen) atoms. The van der Waals surface area contributed by atoms with Crippen molar-refractivity contribution in [1.29, 1.82) is 0 Å². The molecule has 0 heterocycles. The lowest BCUT2D eigenvalue weighted by molar-refractivity contribution is 0.0963. The minimum absolute atomic E-state index is 0.0411. The number of carbonyl (C=O) groups is 2. The van der Waals surface area contributed by atoms with Gasteiger partial charge in [-0.15, -0.1) is 0 Å². The fourth-order valence-corrected chi connectivity index (χ4v) is 1.87. The Morgan fingerprint density at radius 1 is 1.10 bits per heavy atom. The third kappa shape index (κ3) is 3.35. The first-order chi connectivity index (χ1) is 9.60. The third-order valence-electron chi connectivity index (χ3n) is 3.23. The van der Waals surface area contributed by atoms with E-state index in [0.717, 1.165) is 17.2 Å². The highest BCUT2D eigenvalue weighted by Gasteiger charge is 2.11. The molecular weight excluding hydrogens is 252 g/mol. The number of rotatable bonds is 3. The van der Waals surface area contributed by atoms with E-state index in [9.17, 15) is 9.59 Å². The lowest BCUT2D eigenvalue weighted by atomic mass is 10.1. The molecule has 0 radical (unpaired) electrons. The summed E-state index contributed by atoms with van der Waals surface area (Å²) in [6.07, 6.45) is 0.817. The summed E-state index contributed by atoms with van der Waals surface area (Å²) >= 11 is 0. The van der Waals surface area contributed by atoms with Crippen LogP contribution >= 0.6 is 0 Å². The van der Waals surface area contributed by atoms with E-state index in [1.165, 1.54) is 0 Å². The third-order valence-corrected chi connectivity index (χ3v) is 3.23. The molecule has 0 saturated carbocycles. The van der Waals surface area contributed by atoms with Crippen molar-refractivity contribution in [2.24, 2.45) is 0 Å². The predicted molar refractivity (Wildman–Crippen MR) is 79.7 cm³/mol. The zero-order valence-corrected chi connectivity index (χ0v) is 11.6. The monoisotopic (exact) mass is 270 g/mol. The summed E-state index contributed by atoms with van der Waals surface area (Å²) in [5.41, 5.74) is 0.475. The van der Waals surface area contributed by atoms with Crippen LogP contribution in [0.3, 0.4) is 0 Å². The zero-order chi connectivity index (χ0) is 14.5. The Morgan fingerprint density at radius 3 is 2.50 bits per heavy atom. The van der Waals surface area contributed by atoms with Crippen molar-refractivity contribution in [3.8, 4) is 0 Å². The molecule has 2 aromatic carbocycles. The number of fused-ring (bicyclic) bond motifs is 1. The number of carbonyl (C=O) groups excluding carboxylic acids is 2. The molecule has 0 spiro atoms. The van der Waals surface area contributed by atoms with Crippen molar-refractivity contribution in [3.05, 3.63) is 48.0 Å². The minimum atomic E-state index is -0.461. The van der Waals surface area contributed by atoms with Crippen molar-refractivity contribution < 1.29 is 9.59 Å². The minimum Gasteiger partial charge on any atom is -0.335 e. The smallest absolute Gasteiger partial charge is 0.321 e. The van der Waals surface area contributed by atoms with E-state index in [2.05, 4.69) is 10.6 Å². The van der Waals surface area contributed by atoms with E-state index in [-0.39, 0.29) is 6.04 Å². The lowest BCUT2D eigenvalue weighted by Gasteiger charge is -2.11. The average molecular weight is 270 g/mol. The molecule has 2 N–H and O–H groups in total. The molecule has 0 fully saturated rings. The molecule has 0 aliphatic heterocycles. The lowest BCUT2D eigenvalue weighted by Crippen LogP contribution is -2.43. The molecule has 3 amide bonds. The maximum Gasteiger partial charge on any atom is 0.321 e. The Bertz CT molecular complexity index is 637. The first-order valence-corrected chi connectivity index (χ1v) is 6.71. The molecule has 4 heteroatoms. The van der Waals surface area contributed by atoms with Gasteiger partial charge in [0.1, 0.15) is 0 Å². The van der Waals surface area contributed by atoms with Crippen LogP contribution in [0.4, 0.5) is 4.79 Å². The first-order valence-electron chi connectivity index (χ1n) is 6.71. The largest absolute Gasteiger partial charge is 0.335 e. The van der Waals surface area contributed by atoms with Gasteiger partial charge >= 0.3 is 6.03 Å². The predicted octanol–water partition coefficient (Wildman–Crippen LogP) is 3.08. The zero-order valence-electron chi connectivity index (χ0n) is 11.6. The van der Waals surface area contributed by atoms with Crippen LogP contribution in [0.15, 0.2) is 42.5 Å². The van der Waals surface area contributed by atoms with Crippen molar-refractivity contribution in [2.75, 3.05) is 0 Å². The molecule has 2 rings (SSSR count). The quantitative estimate of drug-likeness (QED) is 0.900. The summed E-state index contributed by atoms with van der Waals surface area (Å²) in [4.78, 5) is 23.6.